The summed E-state index contributed by atoms with van der Waals surface area (Å²) in [5.74, 6) is -0.916. The maximum absolute atomic E-state index is 12.0. The van der Waals surface area contributed by atoms with Gasteiger partial charge in [0.05, 0.1) is 23.6 Å². The summed E-state index contributed by atoms with van der Waals surface area (Å²) < 4.78 is 5.84. The molecule has 0 aliphatic rings. The summed E-state index contributed by atoms with van der Waals surface area (Å²) in [6.07, 6.45) is 0. The summed E-state index contributed by atoms with van der Waals surface area (Å²) >= 11 is 0. The van der Waals surface area contributed by atoms with Gasteiger partial charge in [0, 0.05) is 22.9 Å². The first kappa shape index (κ1) is 21.7. The molecule has 0 fully saturated rings. The predicted molar refractivity (Wildman–Crippen MR) is 116 cm³/mol. The number of aliphatic carboxylic acids is 1. The standard InChI is InChI=1S/C22H27N3O5/c1-4-23(14-22(26)27)13-19(24(5-2)6-3)17-11-16-15-9-7-8-10-20(15)30-21(16)12-18(17)25(28)29/h7-12,19H,4-6,13-14H2,1-3H3,(H,26,27). The summed E-state index contributed by atoms with van der Waals surface area (Å²) in [4.78, 5) is 26.8. The van der Waals surface area contributed by atoms with Gasteiger partial charge in [-0.1, -0.05) is 39.0 Å². The number of hydrogen-bond acceptors (Lipinski definition) is 6. The minimum atomic E-state index is -0.916. The maximum atomic E-state index is 12.0. The zero-order valence-electron chi connectivity index (χ0n) is 17.5. The van der Waals surface area contributed by atoms with E-state index in [2.05, 4.69) is 4.90 Å². The molecule has 30 heavy (non-hydrogen) atoms. The number of hydrogen-bond donors (Lipinski definition) is 1. The fourth-order valence-corrected chi connectivity index (χ4v) is 4.02. The number of para-hydroxylation sites is 1. The van der Waals surface area contributed by atoms with E-state index in [1.165, 1.54) is 6.07 Å². The van der Waals surface area contributed by atoms with Crippen molar-refractivity contribution in [2.45, 2.75) is 26.8 Å². The number of carboxylic acid groups (broad SMARTS) is 1. The summed E-state index contributed by atoms with van der Waals surface area (Å²) in [5, 5.41) is 22.9. The third kappa shape index (κ3) is 4.29. The molecule has 0 aliphatic heterocycles. The zero-order chi connectivity index (χ0) is 21.8. The van der Waals surface area contributed by atoms with E-state index < -0.39 is 5.97 Å². The predicted octanol–water partition coefficient (Wildman–Crippen LogP) is 4.28. The first-order chi connectivity index (χ1) is 14.4. The Morgan fingerprint density at radius 2 is 1.80 bits per heavy atom. The third-order valence-corrected chi connectivity index (χ3v) is 5.57. The van der Waals surface area contributed by atoms with E-state index in [9.17, 15) is 20.0 Å². The normalized spacial score (nSPS) is 12.8. The van der Waals surface area contributed by atoms with Crippen LogP contribution in [-0.4, -0.2) is 58.5 Å². The number of furan rings is 1. The van der Waals surface area contributed by atoms with Crippen molar-refractivity contribution in [1.29, 1.82) is 0 Å². The number of nitrogens with zero attached hydrogens (tertiary/aromatic N) is 3. The Morgan fingerprint density at radius 1 is 1.10 bits per heavy atom. The average Bonchev–Trinajstić information content (AvgIpc) is 3.09. The molecule has 2 aromatic carbocycles. The highest BCUT2D eigenvalue weighted by Gasteiger charge is 2.30. The highest BCUT2D eigenvalue weighted by atomic mass is 16.6. The lowest BCUT2D eigenvalue weighted by Gasteiger charge is -2.33. The van der Waals surface area contributed by atoms with Crippen LogP contribution in [-0.2, 0) is 4.79 Å². The molecule has 8 heteroatoms. The maximum Gasteiger partial charge on any atom is 0.317 e. The summed E-state index contributed by atoms with van der Waals surface area (Å²) in [6.45, 7) is 8.08. The van der Waals surface area contributed by atoms with Crippen molar-refractivity contribution >= 4 is 33.6 Å². The quantitative estimate of drug-likeness (QED) is 0.391. The molecule has 1 unspecified atom stereocenters. The Kier molecular flexibility index (Phi) is 6.69. The van der Waals surface area contributed by atoms with Gasteiger partial charge in [-0.3, -0.25) is 24.7 Å². The third-order valence-electron chi connectivity index (χ3n) is 5.57. The SMILES string of the molecule is CCN(CC(=O)O)CC(c1cc2c(cc1[N+](=O)[O-])oc1ccccc12)N(CC)CC. The van der Waals surface area contributed by atoms with Gasteiger partial charge in [-0.15, -0.1) is 0 Å². The van der Waals surface area contributed by atoms with Crippen molar-refractivity contribution in [2.24, 2.45) is 0 Å². The molecule has 3 aromatic rings. The van der Waals surface area contributed by atoms with Gasteiger partial charge in [0.15, 0.2) is 0 Å². The van der Waals surface area contributed by atoms with Crippen molar-refractivity contribution in [3.63, 3.8) is 0 Å². The van der Waals surface area contributed by atoms with E-state index in [1.807, 2.05) is 51.1 Å². The van der Waals surface area contributed by atoms with E-state index in [-0.39, 0.29) is 23.2 Å². The first-order valence-electron chi connectivity index (χ1n) is 10.2. The number of benzene rings is 2. The van der Waals surface area contributed by atoms with E-state index in [4.69, 9.17) is 4.42 Å². The van der Waals surface area contributed by atoms with Crippen molar-refractivity contribution in [2.75, 3.05) is 32.7 Å². The monoisotopic (exact) mass is 413 g/mol. The van der Waals surface area contributed by atoms with Crippen LogP contribution in [0, 0.1) is 10.1 Å². The molecule has 0 radical (unpaired) electrons. The fraction of sp³-hybridized carbons (Fsp3) is 0.409. The second kappa shape index (κ2) is 9.23. The number of nitro groups is 1. The lowest BCUT2D eigenvalue weighted by molar-refractivity contribution is -0.385. The molecule has 1 heterocycles. The van der Waals surface area contributed by atoms with E-state index in [0.717, 1.165) is 10.8 Å². The largest absolute Gasteiger partial charge is 0.480 e. The van der Waals surface area contributed by atoms with Gasteiger partial charge in [-0.2, -0.15) is 0 Å². The minimum Gasteiger partial charge on any atom is -0.480 e. The molecule has 0 spiro atoms. The van der Waals surface area contributed by atoms with Gasteiger partial charge in [-0.25, -0.2) is 0 Å². The second-order valence-electron chi connectivity index (χ2n) is 7.22. The fourth-order valence-electron chi connectivity index (χ4n) is 4.02. The second-order valence-corrected chi connectivity index (χ2v) is 7.22. The zero-order valence-corrected chi connectivity index (χ0v) is 17.5. The Morgan fingerprint density at radius 3 is 2.40 bits per heavy atom. The molecule has 0 aliphatic carbocycles. The van der Waals surface area contributed by atoms with Crippen molar-refractivity contribution < 1.29 is 19.2 Å². The summed E-state index contributed by atoms with van der Waals surface area (Å²) in [5.41, 5.74) is 1.72. The molecule has 0 amide bonds. The Hall–Kier alpha value is -2.97. The lowest BCUT2D eigenvalue weighted by atomic mass is 9.99. The van der Waals surface area contributed by atoms with Gasteiger partial charge in [0.1, 0.15) is 11.2 Å². The van der Waals surface area contributed by atoms with Crippen LogP contribution in [0.3, 0.4) is 0 Å². The van der Waals surface area contributed by atoms with Gasteiger partial charge in [-0.05, 0) is 31.8 Å². The molecule has 0 bridgehead atoms. The van der Waals surface area contributed by atoms with Crippen LogP contribution < -0.4 is 0 Å². The molecule has 3 rings (SSSR count). The Bertz CT molecular complexity index is 1060. The molecule has 1 N–H and O–H groups in total. The number of carbonyl (C=O) groups is 1. The molecular formula is C22H27N3O5. The highest BCUT2D eigenvalue weighted by molar-refractivity contribution is 6.05. The highest BCUT2D eigenvalue weighted by Crippen LogP contribution is 2.38. The molecule has 0 saturated carbocycles. The number of likely N-dealkylation sites (N-methyl/N-ethyl adjacent to an activating group) is 2. The topological polar surface area (TPSA) is 100 Å². The average molecular weight is 413 g/mol. The van der Waals surface area contributed by atoms with Crippen molar-refractivity contribution in [1.82, 2.24) is 9.80 Å². The van der Waals surface area contributed by atoms with Gasteiger partial charge >= 0.3 is 5.97 Å². The van der Waals surface area contributed by atoms with Crippen LogP contribution in [0.2, 0.25) is 0 Å². The van der Waals surface area contributed by atoms with Crippen LogP contribution in [0.5, 0.6) is 0 Å². The molecule has 1 atom stereocenters. The first-order valence-corrected chi connectivity index (χ1v) is 10.2. The van der Waals surface area contributed by atoms with Gasteiger partial charge in [0.25, 0.3) is 5.69 Å². The smallest absolute Gasteiger partial charge is 0.317 e. The molecule has 160 valence electrons. The van der Waals surface area contributed by atoms with E-state index >= 15 is 0 Å². The van der Waals surface area contributed by atoms with E-state index in [1.54, 1.807) is 4.90 Å². The van der Waals surface area contributed by atoms with Crippen LogP contribution in [0.15, 0.2) is 40.8 Å². The van der Waals surface area contributed by atoms with Crippen molar-refractivity contribution in [3.8, 4) is 0 Å². The molecule has 8 nitrogen and oxygen atoms in total. The summed E-state index contributed by atoms with van der Waals surface area (Å²) in [6, 6.07) is 10.6. The Balaban J connectivity index is 2.19. The Labute approximate surface area is 174 Å². The van der Waals surface area contributed by atoms with Gasteiger partial charge in [0.2, 0.25) is 0 Å². The van der Waals surface area contributed by atoms with Crippen LogP contribution in [0.4, 0.5) is 5.69 Å². The van der Waals surface area contributed by atoms with Crippen LogP contribution in [0.25, 0.3) is 21.9 Å². The minimum absolute atomic E-state index is 0.00941. The molecular weight excluding hydrogens is 386 g/mol. The van der Waals surface area contributed by atoms with Gasteiger partial charge < -0.3 is 9.52 Å². The summed E-state index contributed by atoms with van der Waals surface area (Å²) in [7, 11) is 0. The van der Waals surface area contributed by atoms with E-state index in [0.29, 0.717) is 42.9 Å². The number of fused-ring (bicyclic) bond motifs is 3. The van der Waals surface area contributed by atoms with Crippen molar-refractivity contribution in [3.05, 3.63) is 52.1 Å². The molecule has 1 aromatic heterocycles. The van der Waals surface area contributed by atoms with Crippen LogP contribution >= 0.6 is 0 Å². The molecule has 0 saturated heterocycles. The lowest BCUT2D eigenvalue weighted by Crippen LogP contribution is -2.40. The number of carboxylic acids is 1. The number of rotatable bonds is 10. The van der Waals surface area contributed by atoms with Crippen LogP contribution in [0.1, 0.15) is 32.4 Å². The number of nitro benzene ring substituents is 1.